The van der Waals surface area contributed by atoms with Crippen LogP contribution in [0.15, 0.2) is 89.6 Å². The van der Waals surface area contributed by atoms with Gasteiger partial charge in [-0.2, -0.15) is 5.10 Å². The number of hydrogen-bond donors (Lipinski definition) is 1. The van der Waals surface area contributed by atoms with Crippen LogP contribution in [0.25, 0.3) is 0 Å². The summed E-state index contributed by atoms with van der Waals surface area (Å²) in [5.74, 6) is -0.108. The molecule has 0 fully saturated rings. The number of hydrogen-bond acceptors (Lipinski definition) is 6. The molecular weight excluding hydrogens is 410 g/mol. The standard InChI is InChI=1S/C24H21N3O5/c1-30-19-10-5-9-18(15-19)26-23(28)22(17-7-3-2-4-8-17)32-24(29)21-12-11-20(31-21)16-27-14-6-13-25-27/h2-15,22H,16H2,1H3,(H,26,28). The Morgan fingerprint density at radius 1 is 1.06 bits per heavy atom. The molecule has 1 N–H and O–H groups in total. The summed E-state index contributed by atoms with van der Waals surface area (Å²) in [7, 11) is 1.54. The van der Waals surface area contributed by atoms with E-state index in [0.717, 1.165) is 0 Å². The van der Waals surface area contributed by atoms with Crippen molar-refractivity contribution < 1.29 is 23.5 Å². The van der Waals surface area contributed by atoms with Crippen molar-refractivity contribution in [1.29, 1.82) is 0 Å². The minimum atomic E-state index is -1.17. The van der Waals surface area contributed by atoms with Crippen LogP contribution in [0.4, 0.5) is 5.69 Å². The van der Waals surface area contributed by atoms with Crippen molar-refractivity contribution in [2.45, 2.75) is 12.6 Å². The van der Waals surface area contributed by atoms with Crippen LogP contribution in [0, 0.1) is 0 Å². The molecule has 1 unspecified atom stereocenters. The summed E-state index contributed by atoms with van der Waals surface area (Å²) in [6.07, 6.45) is 2.27. The van der Waals surface area contributed by atoms with Crippen molar-refractivity contribution in [2.24, 2.45) is 0 Å². The van der Waals surface area contributed by atoms with Crippen molar-refractivity contribution in [1.82, 2.24) is 9.78 Å². The number of methoxy groups -OCH3 is 1. The zero-order valence-corrected chi connectivity index (χ0v) is 17.3. The van der Waals surface area contributed by atoms with E-state index in [-0.39, 0.29) is 5.76 Å². The van der Waals surface area contributed by atoms with Crippen molar-refractivity contribution in [3.63, 3.8) is 0 Å². The van der Waals surface area contributed by atoms with Gasteiger partial charge in [0.1, 0.15) is 11.5 Å². The molecule has 0 radical (unpaired) electrons. The number of rotatable bonds is 8. The monoisotopic (exact) mass is 431 g/mol. The summed E-state index contributed by atoms with van der Waals surface area (Å²) in [6, 6.07) is 20.7. The third-order valence-corrected chi connectivity index (χ3v) is 4.64. The molecule has 0 aliphatic rings. The van der Waals surface area contributed by atoms with E-state index < -0.39 is 18.0 Å². The Hall–Kier alpha value is -4.33. The minimum Gasteiger partial charge on any atom is -0.497 e. The molecule has 32 heavy (non-hydrogen) atoms. The first-order valence-electron chi connectivity index (χ1n) is 9.89. The van der Waals surface area contributed by atoms with Gasteiger partial charge in [-0.05, 0) is 30.3 Å². The SMILES string of the molecule is COc1cccc(NC(=O)C(OC(=O)c2ccc(Cn3cccn3)o2)c2ccccc2)c1. The third kappa shape index (κ3) is 5.04. The average molecular weight is 431 g/mol. The molecule has 0 spiro atoms. The summed E-state index contributed by atoms with van der Waals surface area (Å²) < 4.78 is 18.0. The molecule has 8 heteroatoms. The molecule has 0 aliphatic carbocycles. The lowest BCUT2D eigenvalue weighted by molar-refractivity contribution is -0.125. The van der Waals surface area contributed by atoms with E-state index in [1.807, 2.05) is 6.07 Å². The van der Waals surface area contributed by atoms with E-state index in [0.29, 0.717) is 29.3 Å². The highest BCUT2D eigenvalue weighted by Crippen LogP contribution is 2.24. The third-order valence-electron chi connectivity index (χ3n) is 4.64. The second kappa shape index (κ2) is 9.65. The molecule has 4 rings (SSSR count). The molecule has 8 nitrogen and oxygen atoms in total. The predicted molar refractivity (Wildman–Crippen MR) is 116 cm³/mol. The van der Waals surface area contributed by atoms with Gasteiger partial charge in [0.25, 0.3) is 5.91 Å². The Balaban J connectivity index is 1.51. The molecule has 1 amide bonds. The normalized spacial score (nSPS) is 11.5. The molecule has 1 atom stereocenters. The molecule has 0 bridgehead atoms. The van der Waals surface area contributed by atoms with Gasteiger partial charge in [0.2, 0.25) is 11.9 Å². The number of carbonyl (C=O) groups is 2. The number of nitrogens with one attached hydrogen (secondary N) is 1. The zero-order valence-electron chi connectivity index (χ0n) is 17.3. The van der Waals surface area contributed by atoms with Gasteiger partial charge in [-0.15, -0.1) is 0 Å². The smallest absolute Gasteiger partial charge is 0.375 e. The average Bonchev–Trinajstić information content (AvgIpc) is 3.50. The highest BCUT2D eigenvalue weighted by atomic mass is 16.6. The maximum Gasteiger partial charge on any atom is 0.375 e. The maximum absolute atomic E-state index is 13.0. The topological polar surface area (TPSA) is 95.6 Å². The quantitative estimate of drug-likeness (QED) is 0.423. The largest absolute Gasteiger partial charge is 0.497 e. The first kappa shape index (κ1) is 20.9. The Morgan fingerprint density at radius 3 is 2.66 bits per heavy atom. The van der Waals surface area contributed by atoms with Crippen LogP contribution in [0.2, 0.25) is 0 Å². The zero-order chi connectivity index (χ0) is 22.3. The van der Waals surface area contributed by atoms with Crippen LogP contribution >= 0.6 is 0 Å². The van der Waals surface area contributed by atoms with E-state index in [9.17, 15) is 9.59 Å². The Bertz CT molecular complexity index is 1190. The predicted octanol–water partition coefficient (Wildman–Crippen LogP) is 4.07. The van der Waals surface area contributed by atoms with Crippen LogP contribution < -0.4 is 10.1 Å². The number of esters is 1. The van der Waals surface area contributed by atoms with Crippen LogP contribution in [0.5, 0.6) is 5.75 Å². The second-order valence-electron chi connectivity index (χ2n) is 6.89. The Labute approximate surface area is 184 Å². The fraction of sp³-hybridized carbons (Fsp3) is 0.125. The van der Waals surface area contributed by atoms with Crippen molar-refractivity contribution >= 4 is 17.6 Å². The number of aromatic nitrogens is 2. The molecule has 2 heterocycles. The van der Waals surface area contributed by atoms with Crippen LogP contribution in [-0.2, 0) is 16.1 Å². The van der Waals surface area contributed by atoms with Gasteiger partial charge in [-0.25, -0.2) is 4.79 Å². The molecular formula is C24H21N3O5. The summed E-state index contributed by atoms with van der Waals surface area (Å²) >= 11 is 0. The number of ether oxygens (including phenoxy) is 2. The Morgan fingerprint density at radius 2 is 1.91 bits per heavy atom. The fourth-order valence-electron chi connectivity index (χ4n) is 3.10. The van der Waals surface area contributed by atoms with E-state index in [2.05, 4.69) is 10.4 Å². The second-order valence-corrected chi connectivity index (χ2v) is 6.89. The lowest BCUT2D eigenvalue weighted by Crippen LogP contribution is -2.25. The lowest BCUT2D eigenvalue weighted by atomic mass is 10.1. The number of amides is 1. The number of carbonyl (C=O) groups excluding carboxylic acids is 2. The van der Waals surface area contributed by atoms with Crippen LogP contribution in [0.1, 0.15) is 28.0 Å². The summed E-state index contributed by atoms with van der Waals surface area (Å²) in [4.78, 5) is 25.8. The molecule has 0 saturated carbocycles. The number of furan rings is 1. The van der Waals surface area contributed by atoms with Crippen molar-refractivity contribution in [3.8, 4) is 5.75 Å². The summed E-state index contributed by atoms with van der Waals surface area (Å²) in [6.45, 7) is 0.374. The lowest BCUT2D eigenvalue weighted by Gasteiger charge is -2.17. The van der Waals surface area contributed by atoms with Crippen LogP contribution in [-0.4, -0.2) is 28.8 Å². The molecule has 162 valence electrons. The fourth-order valence-corrected chi connectivity index (χ4v) is 3.10. The van der Waals surface area contributed by atoms with Gasteiger partial charge < -0.3 is 19.2 Å². The van der Waals surface area contributed by atoms with E-state index in [1.54, 1.807) is 84.8 Å². The van der Waals surface area contributed by atoms with Gasteiger partial charge in [0.15, 0.2) is 0 Å². The van der Waals surface area contributed by atoms with Crippen molar-refractivity contribution in [3.05, 3.63) is 102 Å². The highest BCUT2D eigenvalue weighted by Gasteiger charge is 2.27. The first-order chi connectivity index (χ1) is 15.6. The van der Waals surface area contributed by atoms with Crippen LogP contribution in [0.3, 0.4) is 0 Å². The van der Waals surface area contributed by atoms with Gasteiger partial charge in [0.05, 0.1) is 13.7 Å². The molecule has 4 aromatic rings. The van der Waals surface area contributed by atoms with Gasteiger partial charge in [-0.3, -0.25) is 9.48 Å². The van der Waals surface area contributed by atoms with Gasteiger partial charge >= 0.3 is 5.97 Å². The summed E-state index contributed by atoms with van der Waals surface area (Å²) in [5, 5.41) is 6.88. The van der Waals surface area contributed by atoms with E-state index >= 15 is 0 Å². The van der Waals surface area contributed by atoms with Gasteiger partial charge in [0, 0.05) is 29.7 Å². The molecule has 2 aromatic carbocycles. The first-order valence-corrected chi connectivity index (χ1v) is 9.89. The number of benzene rings is 2. The maximum atomic E-state index is 13.0. The number of anilines is 1. The molecule has 0 aliphatic heterocycles. The number of nitrogens with zero attached hydrogens (tertiary/aromatic N) is 2. The summed E-state index contributed by atoms with van der Waals surface area (Å²) in [5.41, 5.74) is 1.05. The van der Waals surface area contributed by atoms with E-state index in [1.165, 1.54) is 6.07 Å². The molecule has 2 aromatic heterocycles. The van der Waals surface area contributed by atoms with Gasteiger partial charge in [-0.1, -0.05) is 36.4 Å². The highest BCUT2D eigenvalue weighted by molar-refractivity contribution is 5.97. The Kier molecular flexibility index (Phi) is 6.31. The minimum absolute atomic E-state index is 0.00210. The van der Waals surface area contributed by atoms with Crippen molar-refractivity contribution in [2.75, 3.05) is 12.4 Å². The van der Waals surface area contributed by atoms with E-state index in [4.69, 9.17) is 13.9 Å². The molecule has 0 saturated heterocycles.